The molecule has 4 rings (SSSR count). The lowest BCUT2D eigenvalue weighted by Gasteiger charge is -2.26. The number of aromatic nitrogens is 2. The minimum Gasteiger partial charge on any atom is -0.497 e. The van der Waals surface area contributed by atoms with E-state index in [2.05, 4.69) is 11.9 Å². The van der Waals surface area contributed by atoms with E-state index in [1.54, 1.807) is 7.11 Å². The maximum Gasteiger partial charge on any atom is 0.326 e. The topological polar surface area (TPSA) is 70.4 Å². The zero-order valence-electron chi connectivity index (χ0n) is 16.6. The molecule has 29 heavy (non-hydrogen) atoms. The first-order valence-electron chi connectivity index (χ1n) is 9.85. The minimum atomic E-state index is -0.381. The van der Waals surface area contributed by atoms with Gasteiger partial charge >= 0.3 is 5.97 Å². The van der Waals surface area contributed by atoms with Gasteiger partial charge in [-0.2, -0.15) is 0 Å². The number of ether oxygens (including phenoxy) is 2. The molecule has 0 amide bonds. The molecule has 1 aliphatic carbocycles. The molecule has 1 aliphatic rings. The van der Waals surface area contributed by atoms with Gasteiger partial charge in [-0.3, -0.25) is 14.2 Å². The van der Waals surface area contributed by atoms with E-state index in [4.69, 9.17) is 9.47 Å². The van der Waals surface area contributed by atoms with Gasteiger partial charge in [-0.25, -0.2) is 4.98 Å². The first kappa shape index (κ1) is 19.6. The van der Waals surface area contributed by atoms with Crippen LogP contribution in [0, 0.1) is 5.92 Å². The molecule has 0 N–H and O–H groups in total. The van der Waals surface area contributed by atoms with E-state index in [1.165, 1.54) is 28.7 Å². The Morgan fingerprint density at radius 2 is 2.07 bits per heavy atom. The van der Waals surface area contributed by atoms with Crippen LogP contribution in [-0.4, -0.2) is 28.7 Å². The first-order valence-corrected chi connectivity index (χ1v) is 10.7. The molecule has 0 unspecified atom stereocenters. The highest BCUT2D eigenvalue weighted by Crippen LogP contribution is 2.31. The van der Waals surface area contributed by atoms with Gasteiger partial charge in [-0.1, -0.05) is 25.5 Å². The van der Waals surface area contributed by atoms with Gasteiger partial charge in [-0.15, -0.1) is 11.3 Å². The summed E-state index contributed by atoms with van der Waals surface area (Å²) in [6, 6.07) is 7.54. The second-order valence-corrected chi connectivity index (χ2v) is 8.48. The fourth-order valence-electron chi connectivity index (χ4n) is 3.91. The Kier molecular flexibility index (Phi) is 5.67. The molecule has 1 saturated carbocycles. The predicted octanol–water partition coefficient (Wildman–Crippen LogP) is 4.26. The van der Waals surface area contributed by atoms with Crippen LogP contribution in [0.15, 0.2) is 40.8 Å². The Labute approximate surface area is 173 Å². The van der Waals surface area contributed by atoms with Crippen LogP contribution in [0.3, 0.4) is 0 Å². The van der Waals surface area contributed by atoms with Crippen LogP contribution in [-0.2, 0) is 16.1 Å². The number of hydrogen-bond donors (Lipinski definition) is 0. The Morgan fingerprint density at radius 3 is 2.79 bits per heavy atom. The Morgan fingerprint density at radius 1 is 1.28 bits per heavy atom. The van der Waals surface area contributed by atoms with Gasteiger partial charge in [0.05, 0.1) is 18.8 Å². The van der Waals surface area contributed by atoms with Gasteiger partial charge in [0, 0.05) is 10.9 Å². The van der Waals surface area contributed by atoms with Crippen molar-refractivity contribution >= 4 is 27.5 Å². The molecule has 0 aliphatic heterocycles. The van der Waals surface area contributed by atoms with Gasteiger partial charge in [0.25, 0.3) is 5.56 Å². The number of methoxy groups -OCH3 is 1. The lowest BCUT2D eigenvalue weighted by atomic mass is 9.89. The maximum absolute atomic E-state index is 13.1. The SMILES string of the molecule is COc1ccc(-c2csc3ncn(CC(=O)O[C@@H]4CCC[C@@H](C)C4)c(=O)c23)cc1. The smallest absolute Gasteiger partial charge is 0.326 e. The molecule has 0 spiro atoms. The van der Waals surface area contributed by atoms with Crippen molar-refractivity contribution in [3.63, 3.8) is 0 Å². The molecule has 2 heterocycles. The van der Waals surface area contributed by atoms with Gasteiger partial charge in [0.15, 0.2) is 0 Å². The maximum atomic E-state index is 13.1. The fraction of sp³-hybridized carbons (Fsp3) is 0.409. The summed E-state index contributed by atoms with van der Waals surface area (Å²) in [5, 5.41) is 2.45. The van der Waals surface area contributed by atoms with Crippen molar-refractivity contribution in [2.45, 2.75) is 45.3 Å². The third-order valence-corrected chi connectivity index (χ3v) is 6.33. The molecule has 2 atom stereocenters. The number of esters is 1. The monoisotopic (exact) mass is 412 g/mol. The van der Waals surface area contributed by atoms with Gasteiger partial charge in [-0.05, 0) is 42.9 Å². The van der Waals surface area contributed by atoms with Crippen molar-refractivity contribution in [2.75, 3.05) is 7.11 Å². The van der Waals surface area contributed by atoms with Crippen LogP contribution < -0.4 is 10.3 Å². The molecule has 7 heteroatoms. The second kappa shape index (κ2) is 8.37. The van der Waals surface area contributed by atoms with Gasteiger partial charge in [0.2, 0.25) is 0 Å². The molecule has 0 radical (unpaired) electrons. The van der Waals surface area contributed by atoms with Crippen LogP contribution in [0.2, 0.25) is 0 Å². The quantitative estimate of drug-likeness (QED) is 0.586. The van der Waals surface area contributed by atoms with Gasteiger partial charge < -0.3 is 9.47 Å². The summed E-state index contributed by atoms with van der Waals surface area (Å²) in [6.07, 6.45) is 5.43. The summed E-state index contributed by atoms with van der Waals surface area (Å²) in [7, 11) is 1.62. The lowest BCUT2D eigenvalue weighted by molar-refractivity contribution is -0.152. The average molecular weight is 413 g/mol. The summed E-state index contributed by atoms with van der Waals surface area (Å²) < 4.78 is 12.2. The summed E-state index contributed by atoms with van der Waals surface area (Å²) in [5.41, 5.74) is 1.50. The predicted molar refractivity (Wildman–Crippen MR) is 113 cm³/mol. The molecular formula is C22H24N2O4S. The van der Waals surface area contributed by atoms with E-state index in [1.807, 2.05) is 29.6 Å². The van der Waals surface area contributed by atoms with Crippen molar-refractivity contribution < 1.29 is 14.3 Å². The Balaban J connectivity index is 1.58. The molecule has 6 nitrogen and oxygen atoms in total. The van der Waals surface area contributed by atoms with Crippen molar-refractivity contribution in [1.82, 2.24) is 9.55 Å². The van der Waals surface area contributed by atoms with E-state index >= 15 is 0 Å². The molecule has 1 fully saturated rings. The third kappa shape index (κ3) is 4.19. The molecule has 0 saturated heterocycles. The van der Waals surface area contributed by atoms with Crippen LogP contribution in [0.1, 0.15) is 32.6 Å². The molecule has 3 aromatic rings. The van der Waals surface area contributed by atoms with E-state index in [0.717, 1.165) is 36.1 Å². The number of carbonyl (C=O) groups excluding carboxylic acids is 1. The Hall–Kier alpha value is -2.67. The summed E-state index contributed by atoms with van der Waals surface area (Å²) in [5.74, 6) is 0.942. The first-order chi connectivity index (χ1) is 14.0. The number of thiophene rings is 1. The van der Waals surface area contributed by atoms with Crippen molar-refractivity contribution in [2.24, 2.45) is 5.92 Å². The number of carbonyl (C=O) groups is 1. The van der Waals surface area contributed by atoms with Crippen molar-refractivity contribution in [3.05, 3.63) is 46.3 Å². The van der Waals surface area contributed by atoms with Crippen LogP contribution >= 0.6 is 11.3 Å². The summed E-state index contributed by atoms with van der Waals surface area (Å²) in [6.45, 7) is 2.06. The van der Waals surface area contributed by atoms with E-state index in [-0.39, 0.29) is 24.2 Å². The largest absolute Gasteiger partial charge is 0.497 e. The summed E-state index contributed by atoms with van der Waals surface area (Å²) >= 11 is 1.42. The van der Waals surface area contributed by atoms with Crippen molar-refractivity contribution in [3.8, 4) is 16.9 Å². The van der Waals surface area contributed by atoms with E-state index in [0.29, 0.717) is 16.1 Å². The highest BCUT2D eigenvalue weighted by molar-refractivity contribution is 7.17. The molecule has 0 bridgehead atoms. The Bertz CT molecular complexity index is 1070. The summed E-state index contributed by atoms with van der Waals surface area (Å²) in [4.78, 5) is 30.5. The highest BCUT2D eigenvalue weighted by Gasteiger charge is 2.23. The van der Waals surface area contributed by atoms with Crippen LogP contribution in [0.4, 0.5) is 0 Å². The molecular weight excluding hydrogens is 388 g/mol. The van der Waals surface area contributed by atoms with Crippen molar-refractivity contribution in [1.29, 1.82) is 0 Å². The van der Waals surface area contributed by atoms with Gasteiger partial charge in [0.1, 0.15) is 23.2 Å². The number of rotatable bonds is 5. The second-order valence-electron chi connectivity index (χ2n) is 7.62. The third-order valence-electron chi connectivity index (χ3n) is 5.45. The van der Waals surface area contributed by atoms with E-state index < -0.39 is 0 Å². The van der Waals surface area contributed by atoms with Crippen LogP contribution in [0.25, 0.3) is 21.3 Å². The number of fused-ring (bicyclic) bond motifs is 1. The average Bonchev–Trinajstić information content (AvgIpc) is 3.15. The van der Waals surface area contributed by atoms with Crippen LogP contribution in [0.5, 0.6) is 5.75 Å². The molecule has 1 aromatic carbocycles. The number of hydrogen-bond acceptors (Lipinski definition) is 6. The number of nitrogens with zero attached hydrogens (tertiary/aromatic N) is 2. The highest BCUT2D eigenvalue weighted by atomic mass is 32.1. The fourth-order valence-corrected chi connectivity index (χ4v) is 4.82. The standard InChI is InChI=1S/C22H24N2O4S/c1-14-4-3-5-17(10-14)28-19(25)11-24-13-23-21-20(22(24)26)18(12-29-21)15-6-8-16(27-2)9-7-15/h6-9,12-14,17H,3-5,10-11H2,1-2H3/t14-,17-/m1/s1. The minimum absolute atomic E-state index is 0.0466. The number of benzene rings is 1. The molecule has 2 aromatic heterocycles. The lowest BCUT2D eigenvalue weighted by Crippen LogP contribution is -2.30. The zero-order valence-corrected chi connectivity index (χ0v) is 17.4. The molecule has 152 valence electrons. The van der Waals surface area contributed by atoms with E-state index in [9.17, 15) is 9.59 Å². The normalized spacial score (nSPS) is 19.2. The zero-order chi connectivity index (χ0) is 20.4.